The number of fused-ring (bicyclic) bond motifs is 1. The fraction of sp³-hybridized carbons (Fsp3) is 0.375. The van der Waals surface area contributed by atoms with Crippen LogP contribution in [0.4, 0.5) is 5.13 Å². The summed E-state index contributed by atoms with van der Waals surface area (Å²) in [7, 11) is 0. The van der Waals surface area contributed by atoms with E-state index in [9.17, 15) is 5.11 Å². The molecule has 3 aromatic rings. The SMILES string of the molecule is CC(C)(C)c1cn2nc(NCC(O)c3ccccc3Cl)sc2n1. The molecule has 7 heteroatoms. The number of rotatable bonds is 4. The minimum atomic E-state index is -0.690. The van der Waals surface area contributed by atoms with Gasteiger partial charge in [-0.05, 0) is 6.07 Å². The molecule has 23 heavy (non-hydrogen) atoms. The molecule has 0 aliphatic heterocycles. The van der Waals surface area contributed by atoms with Crippen molar-refractivity contribution in [1.82, 2.24) is 14.6 Å². The number of aliphatic hydroxyl groups excluding tert-OH is 1. The van der Waals surface area contributed by atoms with Gasteiger partial charge in [-0.1, -0.05) is 61.9 Å². The maximum absolute atomic E-state index is 10.2. The average Bonchev–Trinajstić information content (AvgIpc) is 3.03. The van der Waals surface area contributed by atoms with E-state index >= 15 is 0 Å². The zero-order chi connectivity index (χ0) is 16.6. The van der Waals surface area contributed by atoms with E-state index in [2.05, 4.69) is 36.2 Å². The fourth-order valence-electron chi connectivity index (χ4n) is 2.17. The molecule has 5 nitrogen and oxygen atoms in total. The maximum atomic E-state index is 10.2. The van der Waals surface area contributed by atoms with Gasteiger partial charge >= 0.3 is 0 Å². The summed E-state index contributed by atoms with van der Waals surface area (Å²) in [6, 6.07) is 7.29. The van der Waals surface area contributed by atoms with Crippen LogP contribution < -0.4 is 5.32 Å². The number of nitrogens with one attached hydrogen (secondary N) is 1. The molecule has 0 radical (unpaired) electrons. The van der Waals surface area contributed by atoms with Crippen LogP contribution in [0.25, 0.3) is 4.96 Å². The minimum absolute atomic E-state index is 0.00125. The van der Waals surface area contributed by atoms with Gasteiger partial charge in [-0.2, -0.15) is 0 Å². The van der Waals surface area contributed by atoms with E-state index in [1.54, 1.807) is 10.6 Å². The summed E-state index contributed by atoms with van der Waals surface area (Å²) >= 11 is 7.55. The van der Waals surface area contributed by atoms with Crippen LogP contribution in [0.1, 0.15) is 38.1 Å². The Morgan fingerprint density at radius 2 is 2.09 bits per heavy atom. The molecule has 2 aromatic heterocycles. The maximum Gasteiger partial charge on any atom is 0.214 e. The second kappa shape index (κ2) is 6.11. The zero-order valence-electron chi connectivity index (χ0n) is 13.2. The number of nitrogens with zero attached hydrogens (tertiary/aromatic N) is 3. The first-order chi connectivity index (χ1) is 10.8. The number of aromatic nitrogens is 3. The molecule has 3 rings (SSSR count). The second-order valence-corrected chi connectivity index (χ2v) is 7.79. The van der Waals surface area contributed by atoms with Crippen LogP contribution in [0, 0.1) is 0 Å². The van der Waals surface area contributed by atoms with Gasteiger partial charge in [-0.3, -0.25) is 0 Å². The van der Waals surface area contributed by atoms with Crippen LogP contribution in [0.5, 0.6) is 0 Å². The molecule has 0 saturated heterocycles. The van der Waals surface area contributed by atoms with Gasteiger partial charge in [-0.15, -0.1) is 5.10 Å². The van der Waals surface area contributed by atoms with E-state index in [0.717, 1.165) is 15.8 Å². The number of hydrogen-bond acceptors (Lipinski definition) is 5. The smallest absolute Gasteiger partial charge is 0.214 e. The molecule has 0 bridgehead atoms. The first-order valence-corrected chi connectivity index (χ1v) is 8.57. The van der Waals surface area contributed by atoms with Gasteiger partial charge in [0.05, 0.1) is 18.0 Å². The van der Waals surface area contributed by atoms with Gasteiger partial charge in [-0.25, -0.2) is 9.50 Å². The molecule has 0 fully saturated rings. The van der Waals surface area contributed by atoms with Crippen LogP contribution in [0.3, 0.4) is 0 Å². The number of hydrogen-bond donors (Lipinski definition) is 2. The third-order valence-electron chi connectivity index (χ3n) is 3.52. The Morgan fingerprint density at radius 1 is 1.35 bits per heavy atom. The molecule has 0 aliphatic carbocycles. The molecule has 1 atom stereocenters. The largest absolute Gasteiger partial charge is 0.387 e. The standard InChI is InChI=1S/C16H19ClN4OS/c1-16(2,3)13-9-21-15(19-13)23-14(20-21)18-8-12(22)10-6-4-5-7-11(10)17/h4-7,9,12,22H,8H2,1-3H3,(H,18,20). The highest BCUT2D eigenvalue weighted by Gasteiger charge is 2.19. The van der Waals surface area contributed by atoms with Crippen LogP contribution in [0.15, 0.2) is 30.5 Å². The van der Waals surface area contributed by atoms with Crippen LogP contribution in [-0.2, 0) is 5.41 Å². The van der Waals surface area contributed by atoms with Crippen LogP contribution >= 0.6 is 22.9 Å². The third-order valence-corrected chi connectivity index (χ3v) is 4.75. The van der Waals surface area contributed by atoms with Gasteiger partial charge in [0.1, 0.15) is 0 Å². The third kappa shape index (κ3) is 3.49. The van der Waals surface area contributed by atoms with Crippen LogP contribution in [-0.4, -0.2) is 26.2 Å². The van der Waals surface area contributed by atoms with Crippen molar-refractivity contribution >= 4 is 33.0 Å². The summed E-state index contributed by atoms with van der Waals surface area (Å²) in [5, 5.41) is 19.1. The summed E-state index contributed by atoms with van der Waals surface area (Å²) in [6.45, 7) is 6.71. The van der Waals surface area contributed by atoms with E-state index in [1.807, 2.05) is 24.4 Å². The number of benzene rings is 1. The van der Waals surface area contributed by atoms with Gasteiger partial charge in [0.2, 0.25) is 10.1 Å². The molecule has 0 spiro atoms. The van der Waals surface area contributed by atoms with Crippen molar-refractivity contribution in [3.05, 3.63) is 46.7 Å². The lowest BCUT2D eigenvalue weighted by molar-refractivity contribution is 0.191. The summed E-state index contributed by atoms with van der Waals surface area (Å²) < 4.78 is 1.77. The molecular formula is C16H19ClN4OS. The highest BCUT2D eigenvalue weighted by molar-refractivity contribution is 7.20. The van der Waals surface area contributed by atoms with Gasteiger partial charge in [0.25, 0.3) is 0 Å². The molecule has 0 saturated carbocycles. The van der Waals surface area contributed by atoms with Crippen molar-refractivity contribution < 1.29 is 5.11 Å². The zero-order valence-corrected chi connectivity index (χ0v) is 14.8. The van der Waals surface area contributed by atoms with Crippen molar-refractivity contribution in [2.24, 2.45) is 0 Å². The Kier molecular flexibility index (Phi) is 4.31. The molecule has 2 heterocycles. The monoisotopic (exact) mass is 350 g/mol. The van der Waals surface area contributed by atoms with Crippen molar-refractivity contribution in [3.63, 3.8) is 0 Å². The lowest BCUT2D eigenvalue weighted by atomic mass is 9.93. The second-order valence-electron chi connectivity index (χ2n) is 6.43. The Morgan fingerprint density at radius 3 is 2.74 bits per heavy atom. The number of anilines is 1. The number of aliphatic hydroxyl groups is 1. The molecule has 0 amide bonds. The highest BCUT2D eigenvalue weighted by Crippen LogP contribution is 2.27. The normalized spacial score (nSPS) is 13.4. The molecule has 0 aliphatic rings. The van der Waals surface area contributed by atoms with Crippen molar-refractivity contribution in [2.75, 3.05) is 11.9 Å². The average molecular weight is 351 g/mol. The first-order valence-electron chi connectivity index (χ1n) is 7.37. The van der Waals surface area contributed by atoms with Crippen LogP contribution in [0.2, 0.25) is 5.02 Å². The van der Waals surface area contributed by atoms with Crippen molar-refractivity contribution in [1.29, 1.82) is 0 Å². The van der Waals surface area contributed by atoms with Gasteiger partial charge in [0, 0.05) is 22.5 Å². The summed E-state index contributed by atoms with van der Waals surface area (Å²) in [4.78, 5) is 5.44. The molecule has 122 valence electrons. The lowest BCUT2D eigenvalue weighted by Gasteiger charge is -2.14. The Bertz CT molecular complexity index is 789. The summed E-state index contributed by atoms with van der Waals surface area (Å²) in [5.41, 5.74) is 1.72. The Hall–Kier alpha value is -1.63. The molecule has 2 N–H and O–H groups in total. The minimum Gasteiger partial charge on any atom is -0.387 e. The predicted octanol–water partition coefficient (Wildman–Crippen LogP) is 3.89. The van der Waals surface area contributed by atoms with Gasteiger partial charge in [0.15, 0.2) is 0 Å². The quantitative estimate of drug-likeness (QED) is 0.749. The van der Waals surface area contributed by atoms with E-state index in [-0.39, 0.29) is 5.41 Å². The van der Waals surface area contributed by atoms with E-state index in [0.29, 0.717) is 17.1 Å². The Labute approximate surface area is 143 Å². The van der Waals surface area contributed by atoms with Gasteiger partial charge < -0.3 is 10.4 Å². The molecule has 1 aromatic carbocycles. The fourth-order valence-corrected chi connectivity index (χ4v) is 3.22. The highest BCUT2D eigenvalue weighted by atomic mass is 35.5. The lowest BCUT2D eigenvalue weighted by Crippen LogP contribution is -2.13. The number of halogens is 1. The van der Waals surface area contributed by atoms with Crippen molar-refractivity contribution in [2.45, 2.75) is 32.3 Å². The van der Waals surface area contributed by atoms with E-state index < -0.39 is 6.10 Å². The molecular weight excluding hydrogens is 332 g/mol. The van der Waals surface area contributed by atoms with E-state index in [4.69, 9.17) is 11.6 Å². The summed E-state index contributed by atoms with van der Waals surface area (Å²) in [6.07, 6.45) is 1.26. The topological polar surface area (TPSA) is 62.5 Å². The van der Waals surface area contributed by atoms with E-state index in [1.165, 1.54) is 11.3 Å². The summed E-state index contributed by atoms with van der Waals surface area (Å²) in [5.74, 6) is 0. The molecule has 1 unspecified atom stereocenters. The number of imidazole rings is 1. The first kappa shape index (κ1) is 16.2. The predicted molar refractivity (Wildman–Crippen MR) is 94.5 cm³/mol. The Balaban J connectivity index is 1.70. The van der Waals surface area contributed by atoms with Crippen molar-refractivity contribution in [3.8, 4) is 0 Å².